The molecule has 0 radical (unpaired) electrons. The van der Waals surface area contributed by atoms with Gasteiger partial charge in [0.25, 0.3) is 0 Å². The van der Waals surface area contributed by atoms with E-state index in [1.807, 2.05) is 26.0 Å². The zero-order valence-electron chi connectivity index (χ0n) is 12.9. The molecule has 0 saturated carbocycles. The van der Waals surface area contributed by atoms with Gasteiger partial charge in [-0.15, -0.1) is 0 Å². The first-order valence-corrected chi connectivity index (χ1v) is 8.05. The van der Waals surface area contributed by atoms with Crippen LogP contribution in [0.25, 0.3) is 0 Å². The number of halogens is 1. The Morgan fingerprint density at radius 1 is 1.35 bits per heavy atom. The molecule has 0 amide bonds. The van der Waals surface area contributed by atoms with Crippen molar-refractivity contribution in [2.75, 3.05) is 13.1 Å². The van der Waals surface area contributed by atoms with Crippen LogP contribution in [0.3, 0.4) is 0 Å². The van der Waals surface area contributed by atoms with Crippen molar-refractivity contribution in [1.82, 2.24) is 4.90 Å². The summed E-state index contributed by atoms with van der Waals surface area (Å²) in [5.41, 5.74) is 6.82. The lowest BCUT2D eigenvalue weighted by atomic mass is 9.95. The summed E-state index contributed by atoms with van der Waals surface area (Å²) in [6.45, 7) is 9.35. The topological polar surface area (TPSA) is 49.5 Å². The van der Waals surface area contributed by atoms with E-state index in [4.69, 9.17) is 5.73 Å². The highest BCUT2D eigenvalue weighted by atomic mass is 79.9. The fourth-order valence-electron chi connectivity index (χ4n) is 2.55. The number of nitrogens with zero attached hydrogens (tertiary/aromatic N) is 1. The predicted molar refractivity (Wildman–Crippen MR) is 88.7 cm³/mol. The number of aliphatic hydroxyl groups is 1. The lowest BCUT2D eigenvalue weighted by molar-refractivity contribution is 0.0174. The van der Waals surface area contributed by atoms with Crippen molar-refractivity contribution in [2.24, 2.45) is 5.73 Å². The molecule has 0 aromatic heterocycles. The third-order valence-electron chi connectivity index (χ3n) is 3.46. The molecule has 1 aromatic carbocycles. The van der Waals surface area contributed by atoms with Gasteiger partial charge in [0.05, 0.1) is 11.6 Å². The summed E-state index contributed by atoms with van der Waals surface area (Å²) in [6, 6.07) is 8.45. The van der Waals surface area contributed by atoms with Crippen LogP contribution in [0, 0.1) is 0 Å². The van der Waals surface area contributed by atoms with E-state index in [-0.39, 0.29) is 12.1 Å². The maximum atomic E-state index is 10.1. The second-order valence-electron chi connectivity index (χ2n) is 5.95. The average Bonchev–Trinajstić information content (AvgIpc) is 2.36. The molecular formula is C16H27BrN2O. The third kappa shape index (κ3) is 5.17. The predicted octanol–water partition coefficient (Wildman–Crippen LogP) is 3.32. The molecule has 0 bridgehead atoms. The molecule has 0 spiro atoms. The number of nitrogens with two attached hydrogens (primary N) is 1. The highest BCUT2D eigenvalue weighted by Crippen LogP contribution is 2.28. The number of benzene rings is 1. The zero-order valence-corrected chi connectivity index (χ0v) is 14.5. The molecule has 3 nitrogen and oxygen atoms in total. The summed E-state index contributed by atoms with van der Waals surface area (Å²) in [5, 5.41) is 10.1. The van der Waals surface area contributed by atoms with Gasteiger partial charge in [0.15, 0.2) is 0 Å². The summed E-state index contributed by atoms with van der Waals surface area (Å²) < 4.78 is 1.06. The Balaban J connectivity index is 3.10. The molecule has 3 N–H and O–H groups in total. The van der Waals surface area contributed by atoms with Crippen molar-refractivity contribution in [2.45, 2.75) is 51.8 Å². The number of hydrogen-bond donors (Lipinski definition) is 2. The fourth-order valence-corrected chi connectivity index (χ4v) is 2.96. The molecule has 4 heteroatoms. The highest BCUT2D eigenvalue weighted by molar-refractivity contribution is 9.10. The first-order chi connectivity index (χ1) is 9.28. The molecule has 0 aliphatic heterocycles. The second kappa shape index (κ2) is 7.55. The van der Waals surface area contributed by atoms with Gasteiger partial charge < -0.3 is 10.8 Å². The Morgan fingerprint density at radius 2 is 2.00 bits per heavy atom. The number of hydrogen-bond acceptors (Lipinski definition) is 3. The standard InChI is InChI=1S/C16H27BrN2O/c1-5-14(18)15(12-8-7-9-13(17)10-12)19(6-2)11-16(3,4)20/h7-10,14-15,20H,5-6,11,18H2,1-4H3. The van der Waals surface area contributed by atoms with Crippen molar-refractivity contribution < 1.29 is 5.11 Å². The van der Waals surface area contributed by atoms with Gasteiger partial charge in [-0.05, 0) is 44.5 Å². The normalized spacial score (nSPS) is 15.4. The smallest absolute Gasteiger partial charge is 0.0718 e. The van der Waals surface area contributed by atoms with Crippen LogP contribution in [-0.4, -0.2) is 34.7 Å². The van der Waals surface area contributed by atoms with Crippen LogP contribution in [0.1, 0.15) is 45.7 Å². The van der Waals surface area contributed by atoms with E-state index >= 15 is 0 Å². The molecule has 114 valence electrons. The van der Waals surface area contributed by atoms with Crippen LogP contribution in [0.15, 0.2) is 28.7 Å². The molecule has 0 aliphatic carbocycles. The van der Waals surface area contributed by atoms with E-state index in [0.717, 1.165) is 17.4 Å². The molecule has 0 heterocycles. The lowest BCUT2D eigenvalue weighted by Gasteiger charge is -2.38. The Morgan fingerprint density at radius 3 is 2.45 bits per heavy atom. The first-order valence-electron chi connectivity index (χ1n) is 7.26. The van der Waals surface area contributed by atoms with Gasteiger partial charge in [-0.1, -0.05) is 41.9 Å². The largest absolute Gasteiger partial charge is 0.389 e. The minimum absolute atomic E-state index is 0.0478. The van der Waals surface area contributed by atoms with Crippen molar-refractivity contribution in [1.29, 1.82) is 0 Å². The van der Waals surface area contributed by atoms with Crippen LogP contribution in [0.5, 0.6) is 0 Å². The Labute approximate surface area is 131 Å². The SMILES string of the molecule is CCC(N)C(c1cccc(Br)c1)N(CC)CC(C)(C)O. The molecule has 1 rings (SSSR count). The van der Waals surface area contributed by atoms with E-state index < -0.39 is 5.60 Å². The summed E-state index contributed by atoms with van der Waals surface area (Å²) in [7, 11) is 0. The van der Waals surface area contributed by atoms with Crippen molar-refractivity contribution in [3.05, 3.63) is 34.3 Å². The first kappa shape index (κ1) is 17.6. The van der Waals surface area contributed by atoms with E-state index in [1.165, 1.54) is 5.56 Å². The minimum atomic E-state index is -0.728. The number of likely N-dealkylation sites (N-methyl/N-ethyl adjacent to an activating group) is 1. The van der Waals surface area contributed by atoms with E-state index in [2.05, 4.69) is 46.8 Å². The summed E-state index contributed by atoms with van der Waals surface area (Å²) >= 11 is 3.53. The van der Waals surface area contributed by atoms with Crippen LogP contribution in [0.4, 0.5) is 0 Å². The van der Waals surface area contributed by atoms with Gasteiger partial charge in [-0.2, -0.15) is 0 Å². The van der Waals surface area contributed by atoms with Gasteiger partial charge in [0.1, 0.15) is 0 Å². The maximum absolute atomic E-state index is 10.1. The lowest BCUT2D eigenvalue weighted by Crippen LogP contribution is -2.46. The van der Waals surface area contributed by atoms with Gasteiger partial charge in [-0.25, -0.2) is 0 Å². The van der Waals surface area contributed by atoms with E-state index in [0.29, 0.717) is 6.54 Å². The Hall–Kier alpha value is -0.420. The maximum Gasteiger partial charge on any atom is 0.0718 e. The van der Waals surface area contributed by atoms with Crippen molar-refractivity contribution >= 4 is 15.9 Å². The summed E-state index contributed by atoms with van der Waals surface area (Å²) in [5.74, 6) is 0. The average molecular weight is 343 g/mol. The van der Waals surface area contributed by atoms with Gasteiger partial charge in [0, 0.05) is 17.1 Å². The third-order valence-corrected chi connectivity index (χ3v) is 3.95. The number of rotatable bonds is 7. The molecule has 2 unspecified atom stereocenters. The molecule has 0 aliphatic rings. The van der Waals surface area contributed by atoms with Crippen molar-refractivity contribution in [3.8, 4) is 0 Å². The second-order valence-corrected chi connectivity index (χ2v) is 6.86. The van der Waals surface area contributed by atoms with Crippen LogP contribution in [0.2, 0.25) is 0 Å². The van der Waals surface area contributed by atoms with Crippen LogP contribution >= 0.6 is 15.9 Å². The van der Waals surface area contributed by atoms with Crippen molar-refractivity contribution in [3.63, 3.8) is 0 Å². The van der Waals surface area contributed by atoms with Crippen LogP contribution < -0.4 is 5.73 Å². The molecule has 0 saturated heterocycles. The molecule has 2 atom stereocenters. The quantitative estimate of drug-likeness (QED) is 0.799. The summed E-state index contributed by atoms with van der Waals surface area (Å²) in [6.07, 6.45) is 0.902. The fraction of sp³-hybridized carbons (Fsp3) is 0.625. The van der Waals surface area contributed by atoms with E-state index in [1.54, 1.807) is 0 Å². The van der Waals surface area contributed by atoms with E-state index in [9.17, 15) is 5.11 Å². The molecular weight excluding hydrogens is 316 g/mol. The molecule has 1 aromatic rings. The zero-order chi connectivity index (χ0) is 15.3. The van der Waals surface area contributed by atoms with Gasteiger partial charge in [0.2, 0.25) is 0 Å². The monoisotopic (exact) mass is 342 g/mol. The highest BCUT2D eigenvalue weighted by Gasteiger charge is 2.28. The van der Waals surface area contributed by atoms with Gasteiger partial charge in [-0.3, -0.25) is 4.90 Å². The summed E-state index contributed by atoms with van der Waals surface area (Å²) in [4.78, 5) is 2.26. The minimum Gasteiger partial charge on any atom is -0.389 e. The molecule has 20 heavy (non-hydrogen) atoms. The molecule has 0 fully saturated rings. The Kier molecular flexibility index (Phi) is 6.65. The van der Waals surface area contributed by atoms with Gasteiger partial charge >= 0.3 is 0 Å². The Bertz CT molecular complexity index is 417. The van der Waals surface area contributed by atoms with Crippen LogP contribution in [-0.2, 0) is 0 Å².